The predicted molar refractivity (Wildman–Crippen MR) is 120 cm³/mol. The third kappa shape index (κ3) is 4.53. The molecule has 3 heterocycles. The zero-order valence-electron chi connectivity index (χ0n) is 17.4. The SMILES string of the molecule is Cc1cccc(-c2nn(C3CCCC3)cc2-c2cc/c(=N/C=N)[nH]c2/C=C/C(N)=O)n1. The number of primary amides is 1. The fourth-order valence-electron chi connectivity index (χ4n) is 3.98. The molecule has 1 amide bonds. The van der Waals surface area contributed by atoms with E-state index >= 15 is 0 Å². The van der Waals surface area contributed by atoms with Gasteiger partial charge in [-0.1, -0.05) is 18.9 Å². The first kappa shape index (κ1) is 20.5. The van der Waals surface area contributed by atoms with Gasteiger partial charge in [0.2, 0.25) is 5.91 Å². The molecular weight excluding hydrogens is 390 g/mol. The summed E-state index contributed by atoms with van der Waals surface area (Å²) in [5.74, 6) is -0.545. The highest BCUT2D eigenvalue weighted by molar-refractivity contribution is 5.92. The summed E-state index contributed by atoms with van der Waals surface area (Å²) in [6.07, 6.45) is 10.6. The van der Waals surface area contributed by atoms with E-state index in [0.29, 0.717) is 17.2 Å². The highest BCUT2D eigenvalue weighted by Crippen LogP contribution is 2.36. The average molecular weight is 416 g/mol. The summed E-state index contributed by atoms with van der Waals surface area (Å²) in [4.78, 5) is 23.2. The third-order valence-corrected chi connectivity index (χ3v) is 5.43. The van der Waals surface area contributed by atoms with Crippen molar-refractivity contribution in [1.82, 2.24) is 19.7 Å². The molecule has 0 atom stereocenters. The Morgan fingerprint density at radius 2 is 2.06 bits per heavy atom. The number of hydrogen-bond donors (Lipinski definition) is 3. The lowest BCUT2D eigenvalue weighted by molar-refractivity contribution is -0.113. The number of nitrogens with one attached hydrogen (secondary N) is 2. The van der Waals surface area contributed by atoms with Crippen molar-refractivity contribution < 1.29 is 4.79 Å². The van der Waals surface area contributed by atoms with Crippen LogP contribution in [-0.4, -0.2) is 32.0 Å². The molecule has 1 fully saturated rings. The van der Waals surface area contributed by atoms with Crippen molar-refractivity contribution in [3.05, 3.63) is 59.5 Å². The van der Waals surface area contributed by atoms with Crippen molar-refractivity contribution in [3.8, 4) is 22.5 Å². The van der Waals surface area contributed by atoms with Gasteiger partial charge in [-0.3, -0.25) is 19.9 Å². The molecule has 0 saturated heterocycles. The summed E-state index contributed by atoms with van der Waals surface area (Å²) in [6.45, 7) is 1.96. The zero-order chi connectivity index (χ0) is 21.8. The Hall–Kier alpha value is -3.81. The molecule has 4 N–H and O–H groups in total. The van der Waals surface area contributed by atoms with Crippen LogP contribution in [0.25, 0.3) is 28.6 Å². The number of aromatic amines is 1. The van der Waals surface area contributed by atoms with E-state index in [9.17, 15) is 4.79 Å². The number of carbonyl (C=O) groups is 1. The molecule has 1 aliphatic carbocycles. The number of pyridine rings is 2. The third-order valence-electron chi connectivity index (χ3n) is 5.43. The van der Waals surface area contributed by atoms with Crippen LogP contribution >= 0.6 is 0 Å². The normalized spacial score (nSPS) is 15.1. The van der Waals surface area contributed by atoms with Gasteiger partial charge in [-0.05, 0) is 50.1 Å². The molecule has 0 aliphatic heterocycles. The minimum absolute atomic E-state index is 0.373. The van der Waals surface area contributed by atoms with Gasteiger partial charge in [-0.15, -0.1) is 0 Å². The molecule has 4 rings (SSSR count). The molecule has 1 aliphatic rings. The average Bonchev–Trinajstić information content (AvgIpc) is 3.42. The summed E-state index contributed by atoms with van der Waals surface area (Å²) in [5.41, 5.74) is 10.7. The summed E-state index contributed by atoms with van der Waals surface area (Å²) in [5, 5.41) is 12.2. The maximum absolute atomic E-state index is 11.4. The fourth-order valence-corrected chi connectivity index (χ4v) is 3.98. The van der Waals surface area contributed by atoms with Gasteiger partial charge in [0.15, 0.2) is 0 Å². The molecule has 3 aromatic heterocycles. The van der Waals surface area contributed by atoms with E-state index in [1.807, 2.05) is 31.2 Å². The van der Waals surface area contributed by atoms with Crippen LogP contribution in [0.1, 0.15) is 43.1 Å². The predicted octanol–water partition coefficient (Wildman–Crippen LogP) is 3.37. The first-order chi connectivity index (χ1) is 15.0. The molecule has 0 spiro atoms. The van der Waals surface area contributed by atoms with Crippen LogP contribution in [0.2, 0.25) is 0 Å². The molecule has 0 bridgehead atoms. The Bertz CT molecular complexity index is 1210. The Kier molecular flexibility index (Phi) is 5.88. The molecular formula is C23H25N7O. The summed E-state index contributed by atoms with van der Waals surface area (Å²) in [6, 6.07) is 9.97. The molecule has 31 heavy (non-hydrogen) atoms. The summed E-state index contributed by atoms with van der Waals surface area (Å²) >= 11 is 0. The van der Waals surface area contributed by atoms with E-state index < -0.39 is 5.91 Å². The number of hydrogen-bond acceptors (Lipinski definition) is 4. The topological polar surface area (TPSA) is 126 Å². The first-order valence-corrected chi connectivity index (χ1v) is 10.3. The van der Waals surface area contributed by atoms with Gasteiger partial charge in [0, 0.05) is 34.8 Å². The highest BCUT2D eigenvalue weighted by Gasteiger charge is 2.23. The lowest BCUT2D eigenvalue weighted by Gasteiger charge is -2.08. The van der Waals surface area contributed by atoms with Crippen molar-refractivity contribution in [2.75, 3.05) is 0 Å². The molecule has 158 valence electrons. The first-order valence-electron chi connectivity index (χ1n) is 10.3. The maximum atomic E-state index is 11.4. The number of rotatable bonds is 6. The van der Waals surface area contributed by atoms with Crippen LogP contribution in [0.15, 0.2) is 47.6 Å². The van der Waals surface area contributed by atoms with Gasteiger partial charge >= 0.3 is 0 Å². The minimum atomic E-state index is -0.545. The number of carbonyl (C=O) groups excluding carboxylic acids is 1. The molecule has 8 nitrogen and oxygen atoms in total. The van der Waals surface area contributed by atoms with Crippen LogP contribution in [-0.2, 0) is 4.79 Å². The molecule has 0 aromatic carbocycles. The zero-order valence-corrected chi connectivity index (χ0v) is 17.4. The standard InChI is InChI=1S/C23H25N7O/c1-15-5-4-8-20(27-15)23-18(13-30(29-23)16-6-2-3-7-16)17-9-12-22(26-14-24)28-19(17)10-11-21(25)31/h4-5,8-14,16H,2-3,6-7H2,1H3,(H2,25,31)(H2,24,26,28)/b11-10+. The summed E-state index contributed by atoms with van der Waals surface area (Å²) in [7, 11) is 0. The lowest BCUT2D eigenvalue weighted by Crippen LogP contribution is -2.10. The van der Waals surface area contributed by atoms with Gasteiger partial charge < -0.3 is 10.7 Å². The van der Waals surface area contributed by atoms with Crippen LogP contribution < -0.4 is 11.2 Å². The van der Waals surface area contributed by atoms with Crippen molar-refractivity contribution >= 4 is 18.3 Å². The molecule has 1 saturated carbocycles. The van der Waals surface area contributed by atoms with Gasteiger partial charge in [-0.2, -0.15) is 5.10 Å². The van der Waals surface area contributed by atoms with E-state index in [2.05, 4.69) is 20.9 Å². The quantitative estimate of drug-likeness (QED) is 0.324. The fraction of sp³-hybridized carbons (Fsp3) is 0.261. The van der Waals surface area contributed by atoms with Crippen molar-refractivity contribution in [1.29, 1.82) is 5.41 Å². The number of aromatic nitrogens is 4. The van der Waals surface area contributed by atoms with Crippen LogP contribution in [0, 0.1) is 12.3 Å². The molecule has 8 heteroatoms. The smallest absolute Gasteiger partial charge is 0.241 e. The number of nitrogens with two attached hydrogens (primary N) is 1. The second-order valence-electron chi connectivity index (χ2n) is 7.64. The number of H-pyrrole nitrogens is 1. The minimum Gasteiger partial charge on any atom is -0.366 e. The number of nitrogens with zero attached hydrogens (tertiary/aromatic N) is 4. The number of amides is 1. The van der Waals surface area contributed by atoms with Crippen molar-refractivity contribution in [3.63, 3.8) is 0 Å². The van der Waals surface area contributed by atoms with Gasteiger partial charge in [0.05, 0.1) is 11.7 Å². The largest absolute Gasteiger partial charge is 0.366 e. The highest BCUT2D eigenvalue weighted by atomic mass is 16.1. The Labute approximate surface area is 180 Å². The van der Waals surface area contributed by atoms with Gasteiger partial charge in [0.25, 0.3) is 0 Å². The van der Waals surface area contributed by atoms with E-state index in [-0.39, 0.29) is 0 Å². The second kappa shape index (κ2) is 8.91. The Morgan fingerprint density at radius 1 is 1.26 bits per heavy atom. The van der Waals surface area contributed by atoms with Crippen molar-refractivity contribution in [2.24, 2.45) is 10.7 Å². The van der Waals surface area contributed by atoms with Crippen LogP contribution in [0.3, 0.4) is 0 Å². The maximum Gasteiger partial charge on any atom is 0.241 e. The van der Waals surface area contributed by atoms with Gasteiger partial charge in [0.1, 0.15) is 17.5 Å². The van der Waals surface area contributed by atoms with E-state index in [0.717, 1.165) is 47.4 Å². The Morgan fingerprint density at radius 3 is 2.77 bits per heavy atom. The van der Waals surface area contributed by atoms with E-state index in [1.54, 1.807) is 12.1 Å². The second-order valence-corrected chi connectivity index (χ2v) is 7.64. The van der Waals surface area contributed by atoms with Crippen LogP contribution in [0.4, 0.5) is 0 Å². The lowest BCUT2D eigenvalue weighted by atomic mass is 10.0. The van der Waals surface area contributed by atoms with Crippen molar-refractivity contribution in [2.45, 2.75) is 38.6 Å². The molecule has 3 aromatic rings. The van der Waals surface area contributed by atoms with E-state index in [1.165, 1.54) is 18.9 Å². The number of aryl methyl sites for hydroxylation is 1. The summed E-state index contributed by atoms with van der Waals surface area (Å²) < 4.78 is 2.05. The monoisotopic (exact) mass is 415 g/mol. The van der Waals surface area contributed by atoms with Crippen LogP contribution in [0.5, 0.6) is 0 Å². The Balaban J connectivity index is 1.93. The molecule has 0 unspecified atom stereocenters. The van der Waals surface area contributed by atoms with E-state index in [4.69, 9.17) is 21.2 Å². The molecule has 0 radical (unpaired) electrons. The van der Waals surface area contributed by atoms with Gasteiger partial charge in [-0.25, -0.2) is 4.99 Å².